The van der Waals surface area contributed by atoms with Gasteiger partial charge in [-0.3, -0.25) is 9.00 Å². The van der Waals surface area contributed by atoms with Gasteiger partial charge in [-0.2, -0.15) is 11.8 Å². The van der Waals surface area contributed by atoms with Crippen molar-refractivity contribution >= 4 is 28.5 Å². The molecule has 2 rings (SSSR count). The number of hydrogen-bond acceptors (Lipinski definition) is 3. The second-order valence-corrected chi connectivity index (χ2v) is 8.36. The summed E-state index contributed by atoms with van der Waals surface area (Å²) in [5.41, 5.74) is 1.91. The Hall–Kier alpha value is -0.810. The van der Waals surface area contributed by atoms with Crippen molar-refractivity contribution in [2.75, 3.05) is 30.3 Å². The third kappa shape index (κ3) is 4.58. The second kappa shape index (κ2) is 7.99. The van der Waals surface area contributed by atoms with Crippen LogP contribution in [0.15, 0.2) is 24.3 Å². The van der Waals surface area contributed by atoms with Crippen molar-refractivity contribution in [3.8, 4) is 0 Å². The lowest BCUT2D eigenvalue weighted by Crippen LogP contribution is -2.35. The number of carbonyl (C=O) groups excluding carboxylic acids is 1. The van der Waals surface area contributed by atoms with Gasteiger partial charge in [-0.05, 0) is 23.3 Å². The Morgan fingerprint density at radius 2 is 2.19 bits per heavy atom. The zero-order valence-electron chi connectivity index (χ0n) is 12.7. The highest BCUT2D eigenvalue weighted by Crippen LogP contribution is 2.19. The minimum Gasteiger partial charge on any atom is -0.337 e. The molecule has 0 bridgehead atoms. The predicted molar refractivity (Wildman–Crippen MR) is 91.2 cm³/mol. The summed E-state index contributed by atoms with van der Waals surface area (Å²) in [4.78, 5) is 14.7. The van der Waals surface area contributed by atoms with Gasteiger partial charge in [0.25, 0.3) is 5.91 Å². The van der Waals surface area contributed by atoms with Gasteiger partial charge in [0, 0.05) is 46.7 Å². The van der Waals surface area contributed by atoms with E-state index in [-0.39, 0.29) is 5.91 Å². The highest BCUT2D eigenvalue weighted by molar-refractivity contribution is 7.98. The topological polar surface area (TPSA) is 37.4 Å². The molecule has 1 aliphatic rings. The Morgan fingerprint density at radius 3 is 2.95 bits per heavy atom. The maximum Gasteiger partial charge on any atom is 0.254 e. The average molecular weight is 325 g/mol. The van der Waals surface area contributed by atoms with Crippen molar-refractivity contribution < 1.29 is 9.00 Å². The number of hydrogen-bond donors (Lipinski definition) is 0. The summed E-state index contributed by atoms with van der Waals surface area (Å²) in [7, 11) is -0.789. The van der Waals surface area contributed by atoms with E-state index in [4.69, 9.17) is 0 Å². The largest absolute Gasteiger partial charge is 0.337 e. The number of nitrogens with zero attached hydrogens (tertiary/aromatic N) is 1. The fourth-order valence-electron chi connectivity index (χ4n) is 2.55. The molecule has 0 aromatic heterocycles. The first-order chi connectivity index (χ1) is 10.1. The van der Waals surface area contributed by atoms with Crippen molar-refractivity contribution in [3.63, 3.8) is 0 Å². The Morgan fingerprint density at radius 1 is 1.43 bits per heavy atom. The van der Waals surface area contributed by atoms with Crippen LogP contribution < -0.4 is 0 Å². The van der Waals surface area contributed by atoms with Crippen LogP contribution in [0.2, 0.25) is 0 Å². The number of carbonyl (C=O) groups is 1. The van der Waals surface area contributed by atoms with Gasteiger partial charge in [-0.25, -0.2) is 0 Å². The molecule has 1 aliphatic heterocycles. The third-order valence-electron chi connectivity index (χ3n) is 3.59. The normalized spacial score (nSPS) is 22.9. The lowest BCUT2D eigenvalue weighted by molar-refractivity contribution is 0.0751. The van der Waals surface area contributed by atoms with Gasteiger partial charge in [-0.1, -0.05) is 32.0 Å². The lowest BCUT2D eigenvalue weighted by Gasteiger charge is -2.23. The zero-order chi connectivity index (χ0) is 15.2. The molecular formula is C16H23NO2S2. The van der Waals surface area contributed by atoms with Crippen molar-refractivity contribution in [1.82, 2.24) is 4.90 Å². The van der Waals surface area contributed by atoms with E-state index in [1.807, 2.05) is 40.9 Å². The highest BCUT2D eigenvalue weighted by atomic mass is 32.2. The maximum absolute atomic E-state index is 12.8. The fourth-order valence-corrected chi connectivity index (χ4v) is 4.56. The third-order valence-corrected chi connectivity index (χ3v) is 6.09. The Bertz CT molecular complexity index is 519. The quantitative estimate of drug-likeness (QED) is 0.854. The van der Waals surface area contributed by atoms with Crippen molar-refractivity contribution in [1.29, 1.82) is 0 Å². The van der Waals surface area contributed by atoms with Crippen LogP contribution in [0.3, 0.4) is 0 Å². The number of amides is 1. The molecule has 1 saturated heterocycles. The van der Waals surface area contributed by atoms with Crippen LogP contribution in [0.5, 0.6) is 0 Å². The van der Waals surface area contributed by atoms with E-state index in [9.17, 15) is 9.00 Å². The van der Waals surface area contributed by atoms with Crippen LogP contribution in [0, 0.1) is 5.92 Å². The smallest absolute Gasteiger partial charge is 0.254 e. The molecule has 1 amide bonds. The van der Waals surface area contributed by atoms with Gasteiger partial charge < -0.3 is 4.90 Å². The van der Waals surface area contributed by atoms with E-state index >= 15 is 0 Å². The van der Waals surface area contributed by atoms with Crippen molar-refractivity contribution in [2.24, 2.45) is 5.92 Å². The molecule has 0 spiro atoms. The molecule has 0 unspecified atom stereocenters. The monoisotopic (exact) mass is 325 g/mol. The molecule has 0 aliphatic carbocycles. The summed E-state index contributed by atoms with van der Waals surface area (Å²) < 4.78 is 11.8. The Kier molecular flexibility index (Phi) is 6.30. The van der Waals surface area contributed by atoms with Gasteiger partial charge in [0.05, 0.1) is 0 Å². The molecule has 2 atom stereocenters. The van der Waals surface area contributed by atoms with Gasteiger partial charge in [-0.15, -0.1) is 0 Å². The minimum atomic E-state index is -0.789. The van der Waals surface area contributed by atoms with E-state index in [1.54, 1.807) is 0 Å². The number of rotatable bonds is 4. The van der Waals surface area contributed by atoms with E-state index in [0.717, 1.165) is 22.6 Å². The van der Waals surface area contributed by atoms with E-state index in [1.165, 1.54) is 0 Å². The summed E-state index contributed by atoms with van der Waals surface area (Å²) in [6.07, 6.45) is 0. The molecule has 1 aromatic carbocycles. The summed E-state index contributed by atoms with van der Waals surface area (Å²) in [6, 6.07) is 7.87. The van der Waals surface area contributed by atoms with Crippen LogP contribution >= 0.6 is 11.8 Å². The molecule has 116 valence electrons. The predicted octanol–water partition coefficient (Wildman–Crippen LogP) is 2.78. The summed E-state index contributed by atoms with van der Waals surface area (Å²) in [5.74, 6) is 3.61. The van der Waals surface area contributed by atoms with Crippen molar-refractivity contribution in [2.45, 2.75) is 19.6 Å². The van der Waals surface area contributed by atoms with Gasteiger partial charge in [0.1, 0.15) is 0 Å². The average Bonchev–Trinajstić information content (AvgIpc) is 2.65. The van der Waals surface area contributed by atoms with Crippen LogP contribution in [0.25, 0.3) is 0 Å². The SMILES string of the molecule is CCSCc1ccccc1C(=O)N1CC[S@](=O)C[C@@H](C)C1. The molecule has 1 aromatic rings. The molecule has 5 heteroatoms. The maximum atomic E-state index is 12.8. The van der Waals surface area contributed by atoms with Crippen LogP contribution in [0.1, 0.15) is 29.8 Å². The summed E-state index contributed by atoms with van der Waals surface area (Å²) in [6.45, 7) is 5.51. The molecule has 0 saturated carbocycles. The molecule has 0 N–H and O–H groups in total. The highest BCUT2D eigenvalue weighted by Gasteiger charge is 2.24. The minimum absolute atomic E-state index is 0.0908. The molecule has 1 fully saturated rings. The van der Waals surface area contributed by atoms with Crippen LogP contribution in [-0.2, 0) is 16.6 Å². The molecular weight excluding hydrogens is 302 g/mol. The summed E-state index contributed by atoms with van der Waals surface area (Å²) >= 11 is 1.83. The summed E-state index contributed by atoms with van der Waals surface area (Å²) in [5, 5.41) is 0. The van der Waals surface area contributed by atoms with Crippen LogP contribution in [-0.4, -0.2) is 45.4 Å². The molecule has 0 radical (unpaired) electrons. The number of thioether (sulfide) groups is 1. The van der Waals surface area contributed by atoms with E-state index in [0.29, 0.717) is 30.5 Å². The van der Waals surface area contributed by atoms with Crippen molar-refractivity contribution in [3.05, 3.63) is 35.4 Å². The Balaban J connectivity index is 2.17. The first kappa shape index (κ1) is 16.6. The number of benzene rings is 1. The van der Waals surface area contributed by atoms with E-state index in [2.05, 4.69) is 13.8 Å². The van der Waals surface area contributed by atoms with Gasteiger partial charge in [0.2, 0.25) is 0 Å². The van der Waals surface area contributed by atoms with Crippen LogP contribution in [0.4, 0.5) is 0 Å². The molecule has 21 heavy (non-hydrogen) atoms. The van der Waals surface area contributed by atoms with Gasteiger partial charge in [0.15, 0.2) is 0 Å². The standard InChI is InChI=1S/C16H23NO2S2/c1-3-20-11-14-6-4-5-7-15(14)16(18)17-8-9-21(19)12-13(2)10-17/h4-7,13H,3,8-12H2,1-2H3/t13-,21-/m0/s1. The second-order valence-electron chi connectivity index (χ2n) is 5.46. The fraction of sp³-hybridized carbons (Fsp3) is 0.562. The molecule has 3 nitrogen and oxygen atoms in total. The molecule has 1 heterocycles. The Labute approximate surface area is 133 Å². The zero-order valence-corrected chi connectivity index (χ0v) is 14.3. The van der Waals surface area contributed by atoms with Gasteiger partial charge >= 0.3 is 0 Å². The first-order valence-electron chi connectivity index (χ1n) is 7.41. The first-order valence-corrected chi connectivity index (χ1v) is 10.1. The van der Waals surface area contributed by atoms with E-state index < -0.39 is 10.8 Å². The lowest BCUT2D eigenvalue weighted by atomic mass is 10.1.